The number of nitrogens with zero attached hydrogens (tertiary/aromatic N) is 2. The van der Waals surface area contributed by atoms with Crippen molar-refractivity contribution in [3.63, 3.8) is 0 Å². The molecule has 1 N–H and O–H groups in total. The molecule has 47 heavy (non-hydrogen) atoms. The molecule has 9 aromatic rings. The summed E-state index contributed by atoms with van der Waals surface area (Å²) in [7, 11) is 0. The van der Waals surface area contributed by atoms with Gasteiger partial charge in [-0.25, -0.2) is 0 Å². The molecule has 0 saturated carbocycles. The molecule has 0 spiro atoms. The number of phenols is 1. The molecule has 0 aliphatic carbocycles. The van der Waals surface area contributed by atoms with Gasteiger partial charge in [0.25, 0.3) is 0 Å². The third kappa shape index (κ3) is 4.88. The van der Waals surface area contributed by atoms with Gasteiger partial charge in [-0.05, 0) is 0 Å². The molecule has 224 valence electrons. The maximum absolute atomic E-state index is 11.5. The SMILES string of the molecule is Oc1cc(N(c2ccccc2)c2cccc3c2[se]c2ccccc23)cc(N(c2ccccc2)c2cccc3c2[se]c2ccccc23)c1. The van der Waals surface area contributed by atoms with E-state index < -0.39 is 0 Å². The van der Waals surface area contributed by atoms with Gasteiger partial charge >= 0.3 is 286 Å². The van der Waals surface area contributed by atoms with Crippen molar-refractivity contribution in [1.29, 1.82) is 0 Å². The molecule has 3 nitrogen and oxygen atoms in total. The summed E-state index contributed by atoms with van der Waals surface area (Å²) in [5, 5.41) is 16.7. The van der Waals surface area contributed by atoms with Crippen LogP contribution in [0.1, 0.15) is 0 Å². The third-order valence-electron chi connectivity index (χ3n) is 8.68. The fraction of sp³-hybridized carbons (Fsp3) is 0. The van der Waals surface area contributed by atoms with E-state index in [9.17, 15) is 5.11 Å². The normalized spacial score (nSPS) is 11.5. The number of benzene rings is 7. The Balaban J connectivity index is 1.29. The predicted octanol–water partition coefficient (Wildman–Crippen LogP) is 11.1. The zero-order valence-electron chi connectivity index (χ0n) is 25.2. The molecular formula is C42H28N2OSe2. The van der Waals surface area contributed by atoms with Crippen LogP contribution in [0.5, 0.6) is 5.75 Å². The fourth-order valence-electron chi connectivity index (χ4n) is 6.66. The first-order valence-corrected chi connectivity index (χ1v) is 19.0. The van der Waals surface area contributed by atoms with Gasteiger partial charge in [-0.15, -0.1) is 0 Å². The van der Waals surface area contributed by atoms with Crippen LogP contribution in [0.3, 0.4) is 0 Å². The van der Waals surface area contributed by atoms with E-state index in [1.807, 2.05) is 12.1 Å². The van der Waals surface area contributed by atoms with E-state index in [1.165, 1.54) is 38.6 Å². The standard InChI is InChI=1S/C42H28N2OSe2/c45-32-26-30(43(28-13-3-1-4-14-28)37-21-11-19-35-33-17-7-9-23-39(33)46-41(35)37)25-31(27-32)44(29-15-5-2-6-16-29)38-22-12-20-36-34-18-8-10-24-40(34)47-42(36)38/h1-27,45H. The fourth-order valence-corrected chi connectivity index (χ4v) is 11.7. The molecule has 7 aromatic carbocycles. The summed E-state index contributed by atoms with van der Waals surface area (Å²) in [5.41, 5.74) is 6.21. The van der Waals surface area contributed by atoms with Crippen molar-refractivity contribution >= 4 is 102 Å². The summed E-state index contributed by atoms with van der Waals surface area (Å²) >= 11 is 0.319. The number of fused-ring (bicyclic) bond motifs is 6. The molecule has 0 unspecified atom stereocenters. The molecule has 0 atom stereocenters. The second-order valence-corrected chi connectivity index (χ2v) is 16.0. The van der Waals surface area contributed by atoms with Gasteiger partial charge < -0.3 is 0 Å². The van der Waals surface area contributed by atoms with E-state index in [2.05, 4.69) is 161 Å². The molecular weight excluding hydrogens is 706 g/mol. The van der Waals surface area contributed by atoms with Crippen LogP contribution in [-0.4, -0.2) is 34.1 Å². The van der Waals surface area contributed by atoms with Crippen molar-refractivity contribution in [3.8, 4) is 5.75 Å². The van der Waals surface area contributed by atoms with Gasteiger partial charge in [0.2, 0.25) is 0 Å². The van der Waals surface area contributed by atoms with E-state index in [-0.39, 0.29) is 34.8 Å². The van der Waals surface area contributed by atoms with Gasteiger partial charge in [0.15, 0.2) is 0 Å². The van der Waals surface area contributed by atoms with Crippen molar-refractivity contribution in [2.75, 3.05) is 9.80 Å². The van der Waals surface area contributed by atoms with Crippen molar-refractivity contribution < 1.29 is 5.11 Å². The monoisotopic (exact) mass is 736 g/mol. The van der Waals surface area contributed by atoms with Crippen LogP contribution in [0, 0.1) is 0 Å². The van der Waals surface area contributed by atoms with Crippen LogP contribution in [0.4, 0.5) is 34.1 Å². The van der Waals surface area contributed by atoms with E-state index in [0.717, 1.165) is 34.1 Å². The minimum atomic E-state index is 0.160. The predicted molar refractivity (Wildman–Crippen MR) is 201 cm³/mol. The average molecular weight is 735 g/mol. The molecule has 2 aromatic heterocycles. The van der Waals surface area contributed by atoms with Crippen LogP contribution in [0.25, 0.3) is 38.6 Å². The summed E-state index contributed by atoms with van der Waals surface area (Å²) in [5.74, 6) is 0.224. The van der Waals surface area contributed by atoms with E-state index in [1.54, 1.807) is 0 Å². The minimum absolute atomic E-state index is 0.160. The topological polar surface area (TPSA) is 26.7 Å². The number of aromatic hydroxyl groups is 1. The quantitative estimate of drug-likeness (QED) is 0.172. The molecule has 0 amide bonds. The van der Waals surface area contributed by atoms with Crippen molar-refractivity contribution in [1.82, 2.24) is 0 Å². The van der Waals surface area contributed by atoms with Gasteiger partial charge in [0.1, 0.15) is 0 Å². The molecule has 9 rings (SSSR count). The first kappa shape index (κ1) is 28.2. The van der Waals surface area contributed by atoms with Crippen LogP contribution in [-0.2, 0) is 0 Å². The Morgan fingerprint density at radius 3 is 1.23 bits per heavy atom. The zero-order valence-corrected chi connectivity index (χ0v) is 28.7. The Hall–Kier alpha value is -5.02. The van der Waals surface area contributed by atoms with E-state index in [4.69, 9.17) is 0 Å². The molecule has 0 saturated heterocycles. The molecule has 0 radical (unpaired) electrons. The molecule has 5 heteroatoms. The van der Waals surface area contributed by atoms with Crippen LogP contribution < -0.4 is 9.80 Å². The molecule has 0 aliphatic heterocycles. The van der Waals surface area contributed by atoms with Gasteiger partial charge in [0, 0.05) is 0 Å². The first-order chi connectivity index (χ1) is 23.2. The van der Waals surface area contributed by atoms with Crippen molar-refractivity contribution in [2.45, 2.75) is 0 Å². The zero-order chi connectivity index (χ0) is 31.3. The summed E-state index contributed by atoms with van der Waals surface area (Å²) in [6, 6.07) is 57.8. The number of hydrogen-bond donors (Lipinski definition) is 1. The van der Waals surface area contributed by atoms with Crippen molar-refractivity contribution in [2.24, 2.45) is 0 Å². The number of para-hydroxylation sites is 2. The van der Waals surface area contributed by atoms with Crippen LogP contribution >= 0.6 is 0 Å². The third-order valence-corrected chi connectivity index (χ3v) is 13.8. The van der Waals surface area contributed by atoms with Gasteiger partial charge in [-0.3, -0.25) is 0 Å². The second kappa shape index (κ2) is 11.7. The van der Waals surface area contributed by atoms with Crippen LogP contribution in [0.2, 0.25) is 0 Å². The van der Waals surface area contributed by atoms with Gasteiger partial charge in [-0.1, -0.05) is 0 Å². The van der Waals surface area contributed by atoms with E-state index in [0.29, 0.717) is 0 Å². The van der Waals surface area contributed by atoms with Crippen molar-refractivity contribution in [3.05, 3.63) is 164 Å². The number of anilines is 6. The Morgan fingerprint density at radius 2 is 0.766 bits per heavy atom. The van der Waals surface area contributed by atoms with Gasteiger partial charge in [-0.2, -0.15) is 0 Å². The Morgan fingerprint density at radius 1 is 0.362 bits per heavy atom. The summed E-state index contributed by atoms with van der Waals surface area (Å²) in [4.78, 5) is 4.63. The summed E-state index contributed by atoms with van der Waals surface area (Å²) in [6.45, 7) is 0. The van der Waals surface area contributed by atoms with Gasteiger partial charge in [0.05, 0.1) is 0 Å². The maximum atomic E-state index is 11.5. The molecule has 0 bridgehead atoms. The Labute approximate surface area is 284 Å². The Kier molecular flexibility index (Phi) is 7.00. The number of rotatable bonds is 6. The van der Waals surface area contributed by atoms with E-state index >= 15 is 0 Å². The molecule has 2 heterocycles. The summed E-state index contributed by atoms with van der Waals surface area (Å²) in [6.07, 6.45) is 0. The number of hydrogen-bond acceptors (Lipinski definition) is 3. The first-order valence-electron chi connectivity index (χ1n) is 15.6. The average Bonchev–Trinajstić information content (AvgIpc) is 3.69. The van der Waals surface area contributed by atoms with Crippen LogP contribution in [0.15, 0.2) is 164 Å². The number of phenolic OH excluding ortho intramolecular Hbond substituents is 1. The second-order valence-electron chi connectivity index (χ2n) is 11.6. The Bertz CT molecular complexity index is 2380. The molecule has 0 aliphatic rings. The summed E-state index contributed by atoms with van der Waals surface area (Å²) < 4.78 is 5.53. The molecule has 0 fully saturated rings.